The van der Waals surface area contributed by atoms with Crippen LogP contribution in [0.25, 0.3) is 6.08 Å². The SMILES string of the molecule is CCOc1ccc(C=C2SC(=S)N(c3ccc(C)c(C)c3)C2=O)cc1. The van der Waals surface area contributed by atoms with E-state index in [0.29, 0.717) is 15.8 Å². The van der Waals surface area contributed by atoms with Crippen LogP contribution >= 0.6 is 24.0 Å². The lowest BCUT2D eigenvalue weighted by Gasteiger charge is -2.15. The second-order valence-electron chi connectivity index (χ2n) is 5.79. The summed E-state index contributed by atoms with van der Waals surface area (Å²) in [7, 11) is 0. The van der Waals surface area contributed by atoms with E-state index in [1.165, 1.54) is 17.3 Å². The molecular formula is C20H19NO2S2. The number of nitrogens with zero attached hydrogens (tertiary/aromatic N) is 1. The number of rotatable bonds is 4. The number of thioether (sulfide) groups is 1. The van der Waals surface area contributed by atoms with Crippen LogP contribution in [0.15, 0.2) is 47.4 Å². The molecule has 25 heavy (non-hydrogen) atoms. The highest BCUT2D eigenvalue weighted by molar-refractivity contribution is 8.27. The lowest BCUT2D eigenvalue weighted by molar-refractivity contribution is -0.113. The van der Waals surface area contributed by atoms with Gasteiger partial charge in [0, 0.05) is 0 Å². The van der Waals surface area contributed by atoms with Crippen molar-refractivity contribution in [3.05, 3.63) is 64.1 Å². The minimum absolute atomic E-state index is 0.0767. The molecule has 0 bridgehead atoms. The van der Waals surface area contributed by atoms with Gasteiger partial charge >= 0.3 is 0 Å². The Bertz CT molecular complexity index is 856. The molecule has 2 aromatic carbocycles. The zero-order valence-corrected chi connectivity index (χ0v) is 16.0. The first kappa shape index (κ1) is 17.7. The topological polar surface area (TPSA) is 29.5 Å². The Balaban J connectivity index is 1.86. The molecular weight excluding hydrogens is 350 g/mol. The number of carbonyl (C=O) groups excluding carboxylic acids is 1. The van der Waals surface area contributed by atoms with Crippen molar-refractivity contribution in [3.63, 3.8) is 0 Å². The molecule has 0 spiro atoms. The zero-order valence-electron chi connectivity index (χ0n) is 14.4. The molecule has 1 amide bonds. The van der Waals surface area contributed by atoms with Gasteiger partial charge in [0.2, 0.25) is 0 Å². The lowest BCUT2D eigenvalue weighted by atomic mass is 10.1. The molecule has 0 saturated carbocycles. The maximum Gasteiger partial charge on any atom is 0.270 e. The van der Waals surface area contributed by atoms with Gasteiger partial charge in [0.15, 0.2) is 4.32 Å². The largest absolute Gasteiger partial charge is 0.494 e. The fraction of sp³-hybridized carbons (Fsp3) is 0.200. The van der Waals surface area contributed by atoms with Gasteiger partial charge in [-0.2, -0.15) is 0 Å². The van der Waals surface area contributed by atoms with Gasteiger partial charge in [-0.1, -0.05) is 42.2 Å². The highest BCUT2D eigenvalue weighted by Crippen LogP contribution is 2.36. The van der Waals surface area contributed by atoms with Crippen LogP contribution in [0.4, 0.5) is 5.69 Å². The maximum atomic E-state index is 12.8. The van der Waals surface area contributed by atoms with Crippen molar-refractivity contribution in [3.8, 4) is 5.75 Å². The molecule has 128 valence electrons. The summed E-state index contributed by atoms with van der Waals surface area (Å²) in [5, 5.41) is 0. The molecule has 0 atom stereocenters. The summed E-state index contributed by atoms with van der Waals surface area (Å²) in [6, 6.07) is 13.6. The summed E-state index contributed by atoms with van der Waals surface area (Å²) in [5.41, 5.74) is 4.10. The number of thiocarbonyl (C=S) groups is 1. The number of benzene rings is 2. The average Bonchev–Trinajstić information content (AvgIpc) is 2.86. The summed E-state index contributed by atoms with van der Waals surface area (Å²) in [6.07, 6.45) is 1.87. The highest BCUT2D eigenvalue weighted by Gasteiger charge is 2.33. The van der Waals surface area contributed by atoms with E-state index in [-0.39, 0.29) is 5.91 Å². The Hall–Kier alpha value is -2.11. The van der Waals surface area contributed by atoms with E-state index >= 15 is 0 Å². The van der Waals surface area contributed by atoms with Crippen molar-refractivity contribution in [2.45, 2.75) is 20.8 Å². The lowest BCUT2D eigenvalue weighted by Crippen LogP contribution is -2.27. The molecule has 3 nitrogen and oxygen atoms in total. The van der Waals surface area contributed by atoms with Crippen molar-refractivity contribution in [2.75, 3.05) is 11.5 Å². The second kappa shape index (κ2) is 7.42. The number of carbonyl (C=O) groups is 1. The first-order valence-corrected chi connectivity index (χ1v) is 9.30. The smallest absolute Gasteiger partial charge is 0.270 e. The predicted octanol–water partition coefficient (Wildman–Crippen LogP) is 5.11. The summed E-state index contributed by atoms with van der Waals surface area (Å²) in [5.74, 6) is 0.745. The van der Waals surface area contributed by atoms with Crippen molar-refractivity contribution in [1.29, 1.82) is 0 Å². The van der Waals surface area contributed by atoms with E-state index in [1.807, 2.05) is 62.4 Å². The Labute approximate surface area is 157 Å². The number of aryl methyl sites for hydroxylation is 2. The molecule has 1 aliphatic heterocycles. The molecule has 3 rings (SSSR count). The highest BCUT2D eigenvalue weighted by atomic mass is 32.2. The van der Waals surface area contributed by atoms with Gasteiger partial charge in [-0.3, -0.25) is 9.69 Å². The number of amides is 1. The van der Waals surface area contributed by atoms with Gasteiger partial charge in [0.1, 0.15) is 5.75 Å². The Morgan fingerprint density at radius 1 is 1.12 bits per heavy atom. The molecule has 0 unspecified atom stereocenters. The quantitative estimate of drug-likeness (QED) is 0.553. The van der Waals surface area contributed by atoms with Crippen molar-refractivity contribution in [1.82, 2.24) is 0 Å². The molecule has 1 saturated heterocycles. The molecule has 0 radical (unpaired) electrons. The number of anilines is 1. The summed E-state index contributed by atoms with van der Waals surface area (Å²) in [6.45, 7) is 6.67. The normalized spacial score (nSPS) is 16.0. The number of hydrogen-bond donors (Lipinski definition) is 0. The van der Waals surface area contributed by atoms with E-state index in [1.54, 1.807) is 4.90 Å². The Morgan fingerprint density at radius 3 is 2.48 bits per heavy atom. The van der Waals surface area contributed by atoms with Gasteiger partial charge in [0.05, 0.1) is 17.2 Å². The fourth-order valence-corrected chi connectivity index (χ4v) is 3.83. The minimum atomic E-state index is -0.0767. The van der Waals surface area contributed by atoms with Crippen molar-refractivity contribution < 1.29 is 9.53 Å². The molecule has 2 aromatic rings. The van der Waals surface area contributed by atoms with Crippen LogP contribution in [0.2, 0.25) is 0 Å². The summed E-state index contributed by atoms with van der Waals surface area (Å²) < 4.78 is 6.00. The Morgan fingerprint density at radius 2 is 1.84 bits per heavy atom. The van der Waals surface area contributed by atoms with Gasteiger partial charge < -0.3 is 4.74 Å². The number of hydrogen-bond acceptors (Lipinski definition) is 4. The zero-order chi connectivity index (χ0) is 18.0. The number of ether oxygens (including phenoxy) is 1. The molecule has 1 fully saturated rings. The van der Waals surface area contributed by atoms with Crippen LogP contribution in [0.5, 0.6) is 5.75 Å². The van der Waals surface area contributed by atoms with Gasteiger partial charge in [-0.25, -0.2) is 0 Å². The van der Waals surface area contributed by atoms with Crippen molar-refractivity contribution >= 4 is 46.0 Å². The van der Waals surface area contributed by atoms with Crippen LogP contribution in [0, 0.1) is 13.8 Å². The monoisotopic (exact) mass is 369 g/mol. The summed E-state index contributed by atoms with van der Waals surface area (Å²) in [4.78, 5) is 15.0. The van der Waals surface area contributed by atoms with E-state index in [2.05, 4.69) is 6.92 Å². The standard InChI is InChI=1S/C20H19NO2S2/c1-4-23-17-9-6-15(7-10-17)12-18-19(22)21(20(24)25-18)16-8-5-13(2)14(3)11-16/h5-12H,4H2,1-3H3. The summed E-state index contributed by atoms with van der Waals surface area (Å²) >= 11 is 6.77. The molecule has 0 aromatic heterocycles. The van der Waals surface area contributed by atoms with E-state index < -0.39 is 0 Å². The van der Waals surface area contributed by atoms with E-state index in [0.717, 1.165) is 22.6 Å². The van der Waals surface area contributed by atoms with Crippen LogP contribution < -0.4 is 9.64 Å². The average molecular weight is 370 g/mol. The van der Waals surface area contributed by atoms with E-state index in [9.17, 15) is 4.79 Å². The predicted molar refractivity (Wildman–Crippen MR) is 109 cm³/mol. The third kappa shape index (κ3) is 3.78. The van der Waals surface area contributed by atoms with Gasteiger partial charge in [-0.15, -0.1) is 0 Å². The van der Waals surface area contributed by atoms with Gasteiger partial charge in [-0.05, 0) is 67.8 Å². The second-order valence-corrected chi connectivity index (χ2v) is 7.46. The van der Waals surface area contributed by atoms with Crippen LogP contribution in [0.1, 0.15) is 23.6 Å². The minimum Gasteiger partial charge on any atom is -0.494 e. The third-order valence-electron chi connectivity index (χ3n) is 4.03. The van der Waals surface area contributed by atoms with Crippen LogP contribution in [-0.2, 0) is 4.79 Å². The van der Waals surface area contributed by atoms with Gasteiger partial charge in [0.25, 0.3) is 5.91 Å². The van der Waals surface area contributed by atoms with Crippen LogP contribution in [-0.4, -0.2) is 16.8 Å². The first-order valence-electron chi connectivity index (χ1n) is 8.07. The molecule has 5 heteroatoms. The molecule has 1 aliphatic rings. The van der Waals surface area contributed by atoms with E-state index in [4.69, 9.17) is 17.0 Å². The Kier molecular flexibility index (Phi) is 5.25. The third-order valence-corrected chi connectivity index (χ3v) is 5.33. The molecule has 0 N–H and O–H groups in total. The molecule has 0 aliphatic carbocycles. The maximum absolute atomic E-state index is 12.8. The molecule has 1 heterocycles. The first-order chi connectivity index (χ1) is 12.0. The fourth-order valence-electron chi connectivity index (χ4n) is 2.53. The van der Waals surface area contributed by atoms with Crippen molar-refractivity contribution in [2.24, 2.45) is 0 Å². The van der Waals surface area contributed by atoms with Crippen LogP contribution in [0.3, 0.4) is 0 Å².